The second-order valence-corrected chi connectivity index (χ2v) is 6.84. The van der Waals surface area contributed by atoms with Crippen molar-refractivity contribution in [2.75, 3.05) is 11.9 Å². The van der Waals surface area contributed by atoms with Crippen LogP contribution in [0.2, 0.25) is 0 Å². The summed E-state index contributed by atoms with van der Waals surface area (Å²) in [6.07, 6.45) is 5.35. The quantitative estimate of drug-likeness (QED) is 0.465. The summed E-state index contributed by atoms with van der Waals surface area (Å²) in [4.78, 5) is 25.1. The fraction of sp³-hybridized carbons (Fsp3) is 0.0870. The van der Waals surface area contributed by atoms with Gasteiger partial charge in [-0.15, -0.1) is 0 Å². The van der Waals surface area contributed by atoms with E-state index < -0.39 is 0 Å². The molecule has 0 radical (unpaired) electrons. The molecule has 0 spiro atoms. The van der Waals surface area contributed by atoms with Crippen molar-refractivity contribution in [3.05, 3.63) is 84.9 Å². The number of fused-ring (bicyclic) bond motifs is 2. The summed E-state index contributed by atoms with van der Waals surface area (Å²) < 4.78 is 0. The van der Waals surface area contributed by atoms with E-state index in [-0.39, 0.29) is 0 Å². The number of benzene rings is 2. The third kappa shape index (κ3) is 3.36. The van der Waals surface area contributed by atoms with E-state index in [1.54, 1.807) is 12.4 Å². The summed E-state index contributed by atoms with van der Waals surface area (Å²) in [7, 11) is 2.01. The molecule has 5 rings (SSSR count). The van der Waals surface area contributed by atoms with Crippen LogP contribution in [-0.4, -0.2) is 32.0 Å². The Labute approximate surface area is 167 Å². The molecule has 0 aliphatic carbocycles. The zero-order chi connectivity index (χ0) is 19.6. The first-order valence-corrected chi connectivity index (χ1v) is 9.37. The summed E-state index contributed by atoms with van der Waals surface area (Å²) in [5, 5.41) is 0.997. The standard InChI is InChI=1S/C23H18N6/c1-29(15-17-14-25-20-10-4-5-11-21(20)26-17)23-18-8-2-3-9-19(18)27-22(28-23)16-7-6-12-24-13-16/h2-14H,15H2,1H3. The summed E-state index contributed by atoms with van der Waals surface area (Å²) in [5.74, 6) is 1.51. The van der Waals surface area contributed by atoms with Crippen LogP contribution in [0.1, 0.15) is 5.69 Å². The van der Waals surface area contributed by atoms with Crippen LogP contribution in [0.5, 0.6) is 0 Å². The van der Waals surface area contributed by atoms with E-state index in [4.69, 9.17) is 15.0 Å². The Morgan fingerprint density at radius 1 is 0.759 bits per heavy atom. The second-order valence-electron chi connectivity index (χ2n) is 6.84. The number of nitrogens with zero attached hydrogens (tertiary/aromatic N) is 6. The van der Waals surface area contributed by atoms with Gasteiger partial charge in [-0.3, -0.25) is 9.97 Å². The third-order valence-electron chi connectivity index (χ3n) is 4.76. The Hall–Kier alpha value is -3.93. The van der Waals surface area contributed by atoms with E-state index in [0.717, 1.165) is 39.0 Å². The highest BCUT2D eigenvalue weighted by atomic mass is 15.2. The van der Waals surface area contributed by atoms with Crippen molar-refractivity contribution < 1.29 is 0 Å². The van der Waals surface area contributed by atoms with Gasteiger partial charge in [0.2, 0.25) is 0 Å². The maximum atomic E-state index is 4.86. The van der Waals surface area contributed by atoms with E-state index in [1.165, 1.54) is 0 Å². The molecule has 3 aromatic heterocycles. The lowest BCUT2D eigenvalue weighted by Crippen LogP contribution is -2.19. The topological polar surface area (TPSA) is 67.7 Å². The predicted molar refractivity (Wildman–Crippen MR) is 114 cm³/mol. The first-order valence-electron chi connectivity index (χ1n) is 9.37. The number of hydrogen-bond acceptors (Lipinski definition) is 6. The lowest BCUT2D eigenvalue weighted by atomic mass is 10.2. The molecule has 0 bridgehead atoms. The van der Waals surface area contributed by atoms with E-state index in [0.29, 0.717) is 12.4 Å². The fourth-order valence-electron chi connectivity index (χ4n) is 3.36. The molecule has 140 valence electrons. The fourth-order valence-corrected chi connectivity index (χ4v) is 3.36. The zero-order valence-electron chi connectivity index (χ0n) is 15.9. The minimum atomic E-state index is 0.589. The highest BCUT2D eigenvalue weighted by molar-refractivity contribution is 5.91. The highest BCUT2D eigenvalue weighted by Gasteiger charge is 2.14. The minimum absolute atomic E-state index is 0.589. The molecular formula is C23H18N6. The molecule has 0 N–H and O–H groups in total. The Morgan fingerprint density at radius 2 is 1.55 bits per heavy atom. The number of pyridine rings is 1. The van der Waals surface area contributed by atoms with Gasteiger partial charge in [0.15, 0.2) is 5.82 Å². The Kier molecular flexibility index (Phi) is 4.29. The molecule has 0 saturated heterocycles. The van der Waals surface area contributed by atoms with E-state index in [1.807, 2.05) is 73.9 Å². The van der Waals surface area contributed by atoms with Crippen molar-refractivity contribution in [1.82, 2.24) is 24.9 Å². The molecule has 6 nitrogen and oxygen atoms in total. The SMILES string of the molecule is CN(Cc1cnc2ccccc2n1)c1nc(-c2cccnc2)nc2ccccc12. The van der Waals surface area contributed by atoms with E-state index in [9.17, 15) is 0 Å². The van der Waals surface area contributed by atoms with E-state index in [2.05, 4.69) is 14.9 Å². The van der Waals surface area contributed by atoms with Crippen LogP contribution in [0.3, 0.4) is 0 Å². The zero-order valence-corrected chi connectivity index (χ0v) is 15.9. The van der Waals surface area contributed by atoms with Crippen LogP contribution in [0.25, 0.3) is 33.3 Å². The summed E-state index contributed by atoms with van der Waals surface area (Å²) in [5.41, 5.74) is 4.45. The lowest BCUT2D eigenvalue weighted by molar-refractivity contribution is 0.868. The van der Waals surface area contributed by atoms with Gasteiger partial charge in [0, 0.05) is 30.4 Å². The van der Waals surface area contributed by atoms with Gasteiger partial charge in [-0.1, -0.05) is 24.3 Å². The highest BCUT2D eigenvalue weighted by Crippen LogP contribution is 2.27. The number of hydrogen-bond donors (Lipinski definition) is 0. The number of anilines is 1. The van der Waals surface area contributed by atoms with Crippen LogP contribution in [0.15, 0.2) is 79.3 Å². The second kappa shape index (κ2) is 7.24. The molecule has 0 saturated carbocycles. The normalized spacial score (nSPS) is 11.1. The van der Waals surface area contributed by atoms with Crippen molar-refractivity contribution >= 4 is 27.8 Å². The Balaban J connectivity index is 1.57. The molecule has 0 fully saturated rings. The average molecular weight is 378 g/mol. The molecule has 0 atom stereocenters. The van der Waals surface area contributed by atoms with Crippen LogP contribution < -0.4 is 4.90 Å². The first kappa shape index (κ1) is 17.2. The molecule has 0 aliphatic heterocycles. The number of rotatable bonds is 4. The number of para-hydroxylation sites is 3. The van der Waals surface area contributed by atoms with Gasteiger partial charge in [-0.25, -0.2) is 15.0 Å². The van der Waals surface area contributed by atoms with Gasteiger partial charge < -0.3 is 4.90 Å². The molecular weight excluding hydrogens is 360 g/mol. The van der Waals surface area contributed by atoms with Crippen LogP contribution >= 0.6 is 0 Å². The van der Waals surface area contributed by atoms with E-state index >= 15 is 0 Å². The van der Waals surface area contributed by atoms with Crippen LogP contribution in [0, 0.1) is 0 Å². The molecule has 3 heterocycles. The minimum Gasteiger partial charge on any atom is -0.353 e. The molecule has 0 unspecified atom stereocenters. The van der Waals surface area contributed by atoms with Crippen molar-refractivity contribution in [2.45, 2.75) is 6.54 Å². The largest absolute Gasteiger partial charge is 0.353 e. The van der Waals surface area contributed by atoms with Gasteiger partial charge in [0.05, 0.1) is 35.0 Å². The summed E-state index contributed by atoms with van der Waals surface area (Å²) in [6, 6.07) is 19.8. The third-order valence-corrected chi connectivity index (χ3v) is 4.76. The predicted octanol–water partition coefficient (Wildman–Crippen LogP) is 4.27. The van der Waals surface area contributed by atoms with Crippen LogP contribution in [-0.2, 0) is 6.54 Å². The maximum Gasteiger partial charge on any atom is 0.163 e. The average Bonchev–Trinajstić information content (AvgIpc) is 2.79. The lowest BCUT2D eigenvalue weighted by Gasteiger charge is -2.20. The van der Waals surface area contributed by atoms with Gasteiger partial charge in [0.25, 0.3) is 0 Å². The van der Waals surface area contributed by atoms with Crippen molar-refractivity contribution in [2.24, 2.45) is 0 Å². The van der Waals surface area contributed by atoms with Crippen molar-refractivity contribution in [3.63, 3.8) is 0 Å². The first-order chi connectivity index (χ1) is 14.3. The molecule has 6 heteroatoms. The van der Waals surface area contributed by atoms with Crippen molar-refractivity contribution in [1.29, 1.82) is 0 Å². The number of aromatic nitrogens is 5. The Bertz CT molecular complexity index is 1300. The van der Waals surface area contributed by atoms with Crippen LogP contribution in [0.4, 0.5) is 5.82 Å². The monoisotopic (exact) mass is 378 g/mol. The van der Waals surface area contributed by atoms with Gasteiger partial charge >= 0.3 is 0 Å². The smallest absolute Gasteiger partial charge is 0.163 e. The van der Waals surface area contributed by atoms with Crippen molar-refractivity contribution in [3.8, 4) is 11.4 Å². The van der Waals surface area contributed by atoms with Gasteiger partial charge in [-0.2, -0.15) is 0 Å². The maximum absolute atomic E-state index is 4.86. The molecule has 2 aromatic carbocycles. The van der Waals surface area contributed by atoms with Gasteiger partial charge in [-0.05, 0) is 36.4 Å². The molecule has 29 heavy (non-hydrogen) atoms. The Morgan fingerprint density at radius 3 is 2.38 bits per heavy atom. The molecule has 0 aliphatic rings. The summed E-state index contributed by atoms with van der Waals surface area (Å²) >= 11 is 0. The van der Waals surface area contributed by atoms with Gasteiger partial charge in [0.1, 0.15) is 5.82 Å². The molecule has 0 amide bonds. The molecule has 5 aromatic rings. The summed E-state index contributed by atoms with van der Waals surface area (Å²) in [6.45, 7) is 0.589.